The van der Waals surface area contributed by atoms with E-state index in [9.17, 15) is 17.6 Å². The first-order valence-corrected chi connectivity index (χ1v) is 7.40. The first-order valence-electron chi connectivity index (χ1n) is 5.58. The summed E-state index contributed by atoms with van der Waals surface area (Å²) in [5.41, 5.74) is 9.79. The highest BCUT2D eigenvalue weighted by Gasteiger charge is 2.23. The zero-order valence-corrected chi connectivity index (χ0v) is 11.6. The molecule has 0 heterocycles. The maximum Gasteiger partial charge on any atom is 0.248 e. The van der Waals surface area contributed by atoms with Crippen molar-refractivity contribution in [3.05, 3.63) is 35.1 Å². The van der Waals surface area contributed by atoms with Gasteiger partial charge in [0.15, 0.2) is 9.84 Å². The molecule has 0 bridgehead atoms. The van der Waals surface area contributed by atoms with Gasteiger partial charge in [0.2, 0.25) is 5.91 Å². The lowest BCUT2D eigenvalue weighted by Crippen LogP contribution is -2.40. The van der Waals surface area contributed by atoms with Crippen molar-refractivity contribution in [3.63, 3.8) is 0 Å². The molecular formula is C12H17FN2O3S. The number of sulfone groups is 1. The Labute approximate surface area is 111 Å². The zero-order chi connectivity index (χ0) is 14.8. The van der Waals surface area contributed by atoms with Gasteiger partial charge in [-0.2, -0.15) is 0 Å². The molecule has 0 radical (unpaired) electrons. The predicted octanol–water partition coefficient (Wildman–Crippen LogP) is 0.577. The van der Waals surface area contributed by atoms with Crippen molar-refractivity contribution in [1.82, 2.24) is 0 Å². The Balaban J connectivity index is 3.05. The van der Waals surface area contributed by atoms with Gasteiger partial charge in [0, 0.05) is 16.7 Å². The molecule has 106 valence electrons. The van der Waals surface area contributed by atoms with Crippen molar-refractivity contribution in [1.29, 1.82) is 0 Å². The number of rotatable bonds is 5. The third-order valence-electron chi connectivity index (χ3n) is 2.30. The Morgan fingerprint density at radius 1 is 1.37 bits per heavy atom. The van der Waals surface area contributed by atoms with Crippen molar-refractivity contribution in [2.24, 2.45) is 11.5 Å². The number of hydrogen-bond donors (Lipinski definition) is 2. The molecule has 1 aromatic rings. The molecule has 0 aliphatic rings. The molecule has 0 fully saturated rings. The monoisotopic (exact) mass is 288 g/mol. The second kappa shape index (κ2) is 5.26. The fraction of sp³-hybridized carbons (Fsp3) is 0.417. The number of halogens is 1. The molecule has 0 saturated carbocycles. The van der Waals surface area contributed by atoms with Gasteiger partial charge in [0.25, 0.3) is 0 Å². The predicted molar refractivity (Wildman–Crippen MR) is 70.7 cm³/mol. The topological polar surface area (TPSA) is 103 Å². The molecule has 0 aliphatic heterocycles. The minimum atomic E-state index is -3.57. The van der Waals surface area contributed by atoms with Crippen LogP contribution in [0.25, 0.3) is 0 Å². The van der Waals surface area contributed by atoms with Crippen LogP contribution in [0.1, 0.15) is 29.8 Å². The minimum Gasteiger partial charge on any atom is -0.366 e. The van der Waals surface area contributed by atoms with E-state index in [0.717, 1.165) is 12.1 Å². The zero-order valence-electron chi connectivity index (χ0n) is 10.8. The number of nitrogens with two attached hydrogens (primary N) is 2. The van der Waals surface area contributed by atoms with Gasteiger partial charge < -0.3 is 11.5 Å². The molecule has 1 amide bonds. The lowest BCUT2D eigenvalue weighted by atomic mass is 10.1. The molecule has 5 nitrogen and oxygen atoms in total. The lowest BCUT2D eigenvalue weighted by molar-refractivity contribution is 0.1000. The van der Waals surface area contributed by atoms with Gasteiger partial charge in [-0.1, -0.05) is 0 Å². The van der Waals surface area contributed by atoms with E-state index in [4.69, 9.17) is 11.5 Å². The van der Waals surface area contributed by atoms with E-state index in [0.29, 0.717) is 0 Å². The molecule has 4 N–H and O–H groups in total. The van der Waals surface area contributed by atoms with Crippen molar-refractivity contribution in [3.8, 4) is 0 Å². The summed E-state index contributed by atoms with van der Waals surface area (Å²) >= 11 is 0. The Kier molecular flexibility index (Phi) is 4.32. The highest BCUT2D eigenvalue weighted by Crippen LogP contribution is 2.16. The van der Waals surface area contributed by atoms with E-state index in [-0.39, 0.29) is 16.9 Å². The molecule has 0 aliphatic carbocycles. The van der Waals surface area contributed by atoms with Gasteiger partial charge in [0.05, 0.1) is 11.5 Å². The molecule has 19 heavy (non-hydrogen) atoms. The number of amides is 1. The third-order valence-corrected chi connectivity index (χ3v) is 4.23. The van der Waals surface area contributed by atoms with Crippen molar-refractivity contribution < 1.29 is 17.6 Å². The number of benzene rings is 1. The highest BCUT2D eigenvalue weighted by atomic mass is 32.2. The summed E-state index contributed by atoms with van der Waals surface area (Å²) in [6.45, 7) is 3.14. The van der Waals surface area contributed by atoms with E-state index in [1.807, 2.05) is 0 Å². The van der Waals surface area contributed by atoms with Crippen LogP contribution < -0.4 is 11.5 Å². The number of carbonyl (C=O) groups is 1. The summed E-state index contributed by atoms with van der Waals surface area (Å²) in [6, 6.07) is 3.39. The normalized spacial score (nSPS) is 12.4. The van der Waals surface area contributed by atoms with Gasteiger partial charge in [-0.3, -0.25) is 4.79 Å². The standard InChI is InChI=1S/C12H17FN2O3S/c1-12(2,15)7-19(17,18)6-9-5-8(11(14)16)3-4-10(9)13/h3-5H,6-7,15H2,1-2H3,(H2,14,16). The molecule has 0 saturated heterocycles. The summed E-state index contributed by atoms with van der Waals surface area (Å²) in [5, 5.41) is 0. The molecule has 7 heteroatoms. The quantitative estimate of drug-likeness (QED) is 0.827. The maximum atomic E-state index is 13.5. The first-order chi connectivity index (χ1) is 8.50. The first kappa shape index (κ1) is 15.6. The Hall–Kier alpha value is -1.47. The van der Waals surface area contributed by atoms with Gasteiger partial charge in [-0.05, 0) is 32.0 Å². The van der Waals surface area contributed by atoms with Crippen molar-refractivity contribution in [2.45, 2.75) is 25.1 Å². The van der Waals surface area contributed by atoms with Crippen LogP contribution in [-0.4, -0.2) is 25.6 Å². The number of carbonyl (C=O) groups excluding carboxylic acids is 1. The Bertz CT molecular complexity index is 591. The van der Waals surface area contributed by atoms with Crippen molar-refractivity contribution >= 4 is 15.7 Å². The van der Waals surface area contributed by atoms with E-state index in [1.165, 1.54) is 6.07 Å². The smallest absolute Gasteiger partial charge is 0.248 e. The van der Waals surface area contributed by atoms with Crippen molar-refractivity contribution in [2.75, 3.05) is 5.75 Å². The third kappa shape index (κ3) is 4.96. The molecule has 1 rings (SSSR count). The van der Waals surface area contributed by atoms with E-state index >= 15 is 0 Å². The summed E-state index contributed by atoms with van der Waals surface area (Å²) in [4.78, 5) is 11.0. The Morgan fingerprint density at radius 2 is 1.95 bits per heavy atom. The molecule has 1 aromatic carbocycles. The van der Waals surface area contributed by atoms with Crippen LogP contribution in [0.5, 0.6) is 0 Å². The van der Waals surface area contributed by atoms with Gasteiger partial charge in [0.1, 0.15) is 5.82 Å². The van der Waals surface area contributed by atoms with E-state index in [2.05, 4.69) is 0 Å². The molecule has 0 spiro atoms. The van der Waals surface area contributed by atoms with E-state index in [1.54, 1.807) is 13.8 Å². The SMILES string of the molecule is CC(C)(N)CS(=O)(=O)Cc1cc(C(N)=O)ccc1F. The van der Waals surface area contributed by atoms with Crippen LogP contribution in [0.2, 0.25) is 0 Å². The van der Waals surface area contributed by atoms with Gasteiger partial charge in [-0.15, -0.1) is 0 Å². The van der Waals surface area contributed by atoms with Crippen LogP contribution in [0.4, 0.5) is 4.39 Å². The molecule has 0 atom stereocenters. The molecular weight excluding hydrogens is 271 g/mol. The highest BCUT2D eigenvalue weighted by molar-refractivity contribution is 7.90. The summed E-state index contributed by atoms with van der Waals surface area (Å²) < 4.78 is 37.3. The maximum absolute atomic E-state index is 13.5. The number of hydrogen-bond acceptors (Lipinski definition) is 4. The minimum absolute atomic E-state index is 0.0682. The fourth-order valence-electron chi connectivity index (χ4n) is 1.69. The van der Waals surface area contributed by atoms with E-state index < -0.39 is 32.9 Å². The second-order valence-corrected chi connectivity index (χ2v) is 7.26. The van der Waals surface area contributed by atoms with Gasteiger partial charge in [-0.25, -0.2) is 12.8 Å². The second-order valence-electron chi connectivity index (χ2n) is 5.19. The largest absolute Gasteiger partial charge is 0.366 e. The average molecular weight is 288 g/mol. The van der Waals surface area contributed by atoms with Gasteiger partial charge >= 0.3 is 0 Å². The van der Waals surface area contributed by atoms with Crippen LogP contribution in [-0.2, 0) is 15.6 Å². The summed E-state index contributed by atoms with van der Waals surface area (Å²) in [5.74, 6) is -2.22. The average Bonchev–Trinajstić information content (AvgIpc) is 2.16. The fourth-order valence-corrected chi connectivity index (χ4v) is 3.62. The van der Waals surface area contributed by atoms with Crippen LogP contribution in [0.3, 0.4) is 0 Å². The molecule has 0 aromatic heterocycles. The van der Waals surface area contributed by atoms with Crippen LogP contribution >= 0.6 is 0 Å². The number of primary amides is 1. The van der Waals surface area contributed by atoms with Crippen LogP contribution in [0, 0.1) is 5.82 Å². The Morgan fingerprint density at radius 3 is 2.42 bits per heavy atom. The lowest BCUT2D eigenvalue weighted by Gasteiger charge is -2.18. The summed E-state index contributed by atoms with van der Waals surface area (Å²) in [6.07, 6.45) is 0. The summed E-state index contributed by atoms with van der Waals surface area (Å²) in [7, 11) is -3.57. The van der Waals surface area contributed by atoms with Crippen LogP contribution in [0.15, 0.2) is 18.2 Å². The molecule has 0 unspecified atom stereocenters.